The third kappa shape index (κ3) is 5.05. The van der Waals surface area contributed by atoms with Gasteiger partial charge in [0.2, 0.25) is 0 Å². The van der Waals surface area contributed by atoms with Crippen molar-refractivity contribution in [2.75, 3.05) is 32.8 Å². The number of nitrogens with one attached hydrogen (secondary N) is 1. The summed E-state index contributed by atoms with van der Waals surface area (Å²) in [6, 6.07) is 11.3. The van der Waals surface area contributed by atoms with E-state index in [4.69, 9.17) is 13.6 Å². The molecule has 0 aliphatic carbocycles. The van der Waals surface area contributed by atoms with Crippen LogP contribution in [0.15, 0.2) is 57.6 Å². The summed E-state index contributed by atoms with van der Waals surface area (Å²) in [5, 5.41) is 15.1. The van der Waals surface area contributed by atoms with Crippen LogP contribution in [0.5, 0.6) is 0 Å². The lowest BCUT2D eigenvalue weighted by Gasteiger charge is -2.38. The Bertz CT molecular complexity index is 1100. The number of hydrogen-bond donors (Lipinski definition) is 2. The van der Waals surface area contributed by atoms with Gasteiger partial charge in [-0.05, 0) is 67.7 Å². The fourth-order valence-electron chi connectivity index (χ4n) is 4.64. The number of carbonyl (C=O) groups excluding carboxylic acids is 1. The number of nitrogens with zero attached hydrogens (tertiary/aromatic N) is 1. The van der Waals surface area contributed by atoms with Gasteiger partial charge in [0, 0.05) is 38.2 Å². The van der Waals surface area contributed by atoms with Crippen LogP contribution in [0.25, 0.3) is 17.0 Å². The molecule has 2 N–H and O–H groups in total. The lowest BCUT2D eigenvalue weighted by atomic mass is 9.84. The van der Waals surface area contributed by atoms with E-state index in [-0.39, 0.29) is 17.8 Å². The third-order valence-corrected chi connectivity index (χ3v) is 6.66. The van der Waals surface area contributed by atoms with E-state index in [2.05, 4.69) is 16.3 Å². The highest BCUT2D eigenvalue weighted by Crippen LogP contribution is 2.35. The summed E-state index contributed by atoms with van der Waals surface area (Å²) < 4.78 is 16.6. The second-order valence-corrected chi connectivity index (χ2v) is 8.96. The zero-order valence-electron chi connectivity index (χ0n) is 18.7. The fraction of sp³-hybridized carbons (Fsp3) is 0.423. The Labute approximate surface area is 193 Å². The number of fused-ring (bicyclic) bond motifs is 1. The molecule has 3 aromatic rings. The number of ether oxygens (including phenoxy) is 1. The number of aliphatic hydroxyl groups is 1. The minimum atomic E-state index is -0.880. The summed E-state index contributed by atoms with van der Waals surface area (Å²) in [7, 11) is 0. The number of furan rings is 2. The molecule has 4 heterocycles. The topological polar surface area (TPSA) is 88.1 Å². The first kappa shape index (κ1) is 21.9. The number of likely N-dealkylation sites (tertiary alicyclic amines) is 1. The zero-order chi connectivity index (χ0) is 22.7. The van der Waals surface area contributed by atoms with Gasteiger partial charge in [0.1, 0.15) is 11.3 Å². The summed E-state index contributed by atoms with van der Waals surface area (Å²) in [4.78, 5) is 14.8. The lowest BCUT2D eigenvalue weighted by Crippen LogP contribution is -2.42. The highest BCUT2D eigenvalue weighted by atomic mass is 16.5. The maximum atomic E-state index is 12.5. The smallest absolute Gasteiger partial charge is 0.287 e. The Morgan fingerprint density at radius 1 is 1.24 bits per heavy atom. The standard InChI is InChI=1S/C26H30N2O5/c29-25(27-18-22-6-3-15-32-22)24-17-19-16-20(7-8-23(19)33-24)26(30)9-12-28(13-10-26)11-1-4-21-5-2-14-31-21/h1-2,4-5,7-8,14,16-17,22,30H,3,6,9-13,15,18H2,(H,27,29)/b4-1+/t22-/m1/s1. The molecule has 7 heteroatoms. The zero-order valence-corrected chi connectivity index (χ0v) is 18.7. The summed E-state index contributed by atoms with van der Waals surface area (Å²) in [5.74, 6) is 0.889. The molecule has 1 aromatic carbocycles. The molecule has 5 rings (SSSR count). The first-order chi connectivity index (χ1) is 16.1. The average molecular weight is 451 g/mol. The first-order valence-electron chi connectivity index (χ1n) is 11.7. The molecule has 2 aromatic heterocycles. The van der Waals surface area contributed by atoms with Crippen molar-refractivity contribution in [2.24, 2.45) is 0 Å². The maximum Gasteiger partial charge on any atom is 0.287 e. The molecule has 2 saturated heterocycles. The van der Waals surface area contributed by atoms with Gasteiger partial charge in [0.25, 0.3) is 5.91 Å². The van der Waals surface area contributed by atoms with Crippen LogP contribution in [0.4, 0.5) is 0 Å². The maximum absolute atomic E-state index is 12.5. The number of carbonyl (C=O) groups is 1. The van der Waals surface area contributed by atoms with Crippen LogP contribution in [-0.4, -0.2) is 54.8 Å². The van der Waals surface area contributed by atoms with Gasteiger partial charge in [-0.3, -0.25) is 9.69 Å². The van der Waals surface area contributed by atoms with Crippen LogP contribution in [0, 0.1) is 0 Å². The highest BCUT2D eigenvalue weighted by Gasteiger charge is 2.34. The van der Waals surface area contributed by atoms with E-state index in [1.807, 2.05) is 36.4 Å². The summed E-state index contributed by atoms with van der Waals surface area (Å²) in [5.41, 5.74) is 0.632. The molecular formula is C26H30N2O5. The van der Waals surface area contributed by atoms with Crippen molar-refractivity contribution in [2.45, 2.75) is 37.4 Å². The van der Waals surface area contributed by atoms with Crippen LogP contribution < -0.4 is 5.32 Å². The molecule has 1 amide bonds. The van der Waals surface area contributed by atoms with E-state index >= 15 is 0 Å². The van der Waals surface area contributed by atoms with Gasteiger partial charge < -0.3 is 24.0 Å². The highest BCUT2D eigenvalue weighted by molar-refractivity contribution is 5.96. The Hall–Kier alpha value is -2.87. The molecule has 2 aliphatic rings. The Morgan fingerprint density at radius 3 is 2.88 bits per heavy atom. The van der Waals surface area contributed by atoms with Crippen molar-refractivity contribution in [3.05, 3.63) is 65.8 Å². The molecule has 0 spiro atoms. The van der Waals surface area contributed by atoms with E-state index < -0.39 is 5.60 Å². The first-order valence-corrected chi connectivity index (χ1v) is 11.7. The van der Waals surface area contributed by atoms with E-state index in [0.29, 0.717) is 25.0 Å². The predicted molar refractivity (Wildman–Crippen MR) is 125 cm³/mol. The van der Waals surface area contributed by atoms with Crippen molar-refractivity contribution in [3.63, 3.8) is 0 Å². The van der Waals surface area contributed by atoms with Crippen LogP contribution in [0.2, 0.25) is 0 Å². The van der Waals surface area contributed by atoms with Crippen LogP contribution >= 0.6 is 0 Å². The third-order valence-electron chi connectivity index (χ3n) is 6.66. The quantitative estimate of drug-likeness (QED) is 0.567. The molecule has 2 aliphatic heterocycles. The molecule has 1 atom stereocenters. The predicted octanol–water partition coefficient (Wildman–Crippen LogP) is 3.93. The van der Waals surface area contributed by atoms with Crippen LogP contribution in [0.1, 0.15) is 47.6 Å². The van der Waals surface area contributed by atoms with Crippen molar-refractivity contribution in [1.82, 2.24) is 10.2 Å². The number of benzene rings is 1. The Balaban J connectivity index is 1.20. The Kier molecular flexibility index (Phi) is 6.35. The fourth-order valence-corrected chi connectivity index (χ4v) is 4.64. The molecule has 2 fully saturated rings. The summed E-state index contributed by atoms with van der Waals surface area (Å²) >= 11 is 0. The minimum absolute atomic E-state index is 0.0886. The van der Waals surface area contributed by atoms with Gasteiger partial charge in [-0.2, -0.15) is 0 Å². The molecular weight excluding hydrogens is 420 g/mol. The molecule has 0 bridgehead atoms. The van der Waals surface area contributed by atoms with Crippen LogP contribution in [-0.2, 0) is 10.3 Å². The number of piperidine rings is 1. The van der Waals surface area contributed by atoms with Crippen LogP contribution in [0.3, 0.4) is 0 Å². The van der Waals surface area contributed by atoms with Gasteiger partial charge in [-0.25, -0.2) is 0 Å². The van der Waals surface area contributed by atoms with E-state index in [0.717, 1.165) is 55.8 Å². The second-order valence-electron chi connectivity index (χ2n) is 8.96. The number of rotatable bonds is 7. The summed E-state index contributed by atoms with van der Waals surface area (Å²) in [6.07, 6.45) is 9.13. The Morgan fingerprint density at radius 2 is 2.12 bits per heavy atom. The molecule has 174 valence electrons. The van der Waals surface area contributed by atoms with Gasteiger partial charge in [0.05, 0.1) is 18.0 Å². The van der Waals surface area contributed by atoms with Crippen molar-refractivity contribution < 1.29 is 23.5 Å². The van der Waals surface area contributed by atoms with E-state index in [1.165, 1.54) is 0 Å². The molecule has 0 unspecified atom stereocenters. The number of amides is 1. The normalized spacial score (nSPS) is 21.2. The molecule has 0 radical (unpaired) electrons. The van der Waals surface area contributed by atoms with E-state index in [1.54, 1.807) is 12.3 Å². The van der Waals surface area contributed by atoms with Gasteiger partial charge >= 0.3 is 0 Å². The van der Waals surface area contributed by atoms with Crippen molar-refractivity contribution in [3.8, 4) is 0 Å². The lowest BCUT2D eigenvalue weighted by molar-refractivity contribution is -0.0232. The monoisotopic (exact) mass is 450 g/mol. The second kappa shape index (κ2) is 9.55. The largest absolute Gasteiger partial charge is 0.465 e. The molecule has 7 nitrogen and oxygen atoms in total. The van der Waals surface area contributed by atoms with Crippen molar-refractivity contribution >= 4 is 23.0 Å². The van der Waals surface area contributed by atoms with Gasteiger partial charge in [-0.15, -0.1) is 0 Å². The SMILES string of the molecule is O=C(NC[C@H]1CCCO1)c1cc2cc(C3(O)CCN(C/C=C/c4ccco4)CC3)ccc2o1. The van der Waals surface area contributed by atoms with Crippen molar-refractivity contribution in [1.29, 1.82) is 0 Å². The molecule has 0 saturated carbocycles. The minimum Gasteiger partial charge on any atom is -0.465 e. The summed E-state index contributed by atoms with van der Waals surface area (Å²) in [6.45, 7) is 3.69. The molecule has 33 heavy (non-hydrogen) atoms. The average Bonchev–Trinajstić information content (AvgIpc) is 3.60. The van der Waals surface area contributed by atoms with Gasteiger partial charge in [0.15, 0.2) is 5.76 Å². The van der Waals surface area contributed by atoms with Gasteiger partial charge in [-0.1, -0.05) is 12.1 Å². The number of hydrogen-bond acceptors (Lipinski definition) is 6. The van der Waals surface area contributed by atoms with E-state index in [9.17, 15) is 9.90 Å².